The third-order valence-corrected chi connectivity index (χ3v) is 3.12. The van der Waals surface area contributed by atoms with Crippen molar-refractivity contribution in [2.45, 2.75) is 6.92 Å². The number of ether oxygens (including phenoxy) is 2. The van der Waals surface area contributed by atoms with E-state index < -0.39 is 10.8 Å². The van der Waals surface area contributed by atoms with Gasteiger partial charge in [-0.2, -0.15) is 0 Å². The highest BCUT2D eigenvalue weighted by molar-refractivity contribution is 5.95. The van der Waals surface area contributed by atoms with Crippen LogP contribution in [-0.2, 0) is 0 Å². The average molecular weight is 330 g/mol. The number of benzene rings is 2. The first kappa shape index (κ1) is 17.3. The van der Waals surface area contributed by atoms with Crippen LogP contribution in [0.4, 0.5) is 5.69 Å². The molecular weight excluding hydrogens is 312 g/mol. The van der Waals surface area contributed by atoms with E-state index in [0.29, 0.717) is 19.0 Å². The molecule has 0 atom stereocenters. The summed E-state index contributed by atoms with van der Waals surface area (Å²) in [7, 11) is 0. The molecule has 0 aromatic heterocycles. The van der Waals surface area contributed by atoms with E-state index in [1.807, 2.05) is 30.3 Å². The van der Waals surface area contributed by atoms with Crippen molar-refractivity contribution >= 4 is 11.6 Å². The van der Waals surface area contributed by atoms with Gasteiger partial charge in [0.1, 0.15) is 12.4 Å². The molecule has 24 heavy (non-hydrogen) atoms. The molecule has 1 N–H and O–H groups in total. The van der Waals surface area contributed by atoms with Crippen LogP contribution in [0.25, 0.3) is 0 Å². The summed E-state index contributed by atoms with van der Waals surface area (Å²) in [4.78, 5) is 22.6. The van der Waals surface area contributed by atoms with Gasteiger partial charge in [0.25, 0.3) is 5.91 Å². The molecular formula is C17H18N2O5. The zero-order valence-corrected chi connectivity index (χ0v) is 13.2. The topological polar surface area (TPSA) is 90.7 Å². The summed E-state index contributed by atoms with van der Waals surface area (Å²) >= 11 is 0. The van der Waals surface area contributed by atoms with Crippen LogP contribution in [0.1, 0.15) is 17.3 Å². The van der Waals surface area contributed by atoms with Crippen LogP contribution in [0.2, 0.25) is 0 Å². The Hall–Kier alpha value is -3.09. The fraction of sp³-hybridized carbons (Fsp3) is 0.235. The predicted molar refractivity (Wildman–Crippen MR) is 88.5 cm³/mol. The molecule has 0 unspecified atom stereocenters. The van der Waals surface area contributed by atoms with E-state index in [4.69, 9.17) is 9.47 Å². The van der Waals surface area contributed by atoms with Gasteiger partial charge in [0.2, 0.25) is 0 Å². The number of hydrogen-bond acceptors (Lipinski definition) is 5. The van der Waals surface area contributed by atoms with Gasteiger partial charge in [0, 0.05) is 11.6 Å². The van der Waals surface area contributed by atoms with Crippen molar-refractivity contribution in [2.75, 3.05) is 19.8 Å². The Balaban J connectivity index is 1.92. The quantitative estimate of drug-likeness (QED) is 0.456. The van der Waals surface area contributed by atoms with Crippen LogP contribution in [-0.4, -0.2) is 30.6 Å². The van der Waals surface area contributed by atoms with E-state index >= 15 is 0 Å². The highest BCUT2D eigenvalue weighted by Crippen LogP contribution is 2.27. The molecule has 0 radical (unpaired) electrons. The van der Waals surface area contributed by atoms with E-state index in [2.05, 4.69) is 5.32 Å². The van der Waals surface area contributed by atoms with Gasteiger partial charge in [-0.25, -0.2) is 0 Å². The van der Waals surface area contributed by atoms with E-state index in [1.165, 1.54) is 18.2 Å². The van der Waals surface area contributed by atoms with Crippen molar-refractivity contribution in [1.29, 1.82) is 0 Å². The Morgan fingerprint density at radius 3 is 2.58 bits per heavy atom. The first-order valence-corrected chi connectivity index (χ1v) is 7.49. The molecule has 0 heterocycles. The van der Waals surface area contributed by atoms with Crippen molar-refractivity contribution in [2.24, 2.45) is 0 Å². The molecule has 0 spiro atoms. The molecule has 7 nitrogen and oxygen atoms in total. The van der Waals surface area contributed by atoms with Crippen molar-refractivity contribution in [3.63, 3.8) is 0 Å². The van der Waals surface area contributed by atoms with Gasteiger partial charge in [0.15, 0.2) is 5.75 Å². The summed E-state index contributed by atoms with van der Waals surface area (Å²) in [6.45, 7) is 2.63. The number of carbonyl (C=O) groups is 1. The molecule has 1 amide bonds. The maximum absolute atomic E-state index is 12.1. The monoisotopic (exact) mass is 330 g/mol. The number of rotatable bonds is 8. The van der Waals surface area contributed by atoms with Crippen LogP contribution in [0.5, 0.6) is 11.5 Å². The normalized spacial score (nSPS) is 10.0. The fourth-order valence-electron chi connectivity index (χ4n) is 2.03. The molecule has 0 saturated heterocycles. The van der Waals surface area contributed by atoms with Crippen molar-refractivity contribution in [3.8, 4) is 11.5 Å². The highest BCUT2D eigenvalue weighted by atomic mass is 16.6. The molecule has 0 aliphatic rings. The molecule has 2 aromatic carbocycles. The summed E-state index contributed by atoms with van der Waals surface area (Å²) in [5, 5.41) is 13.7. The van der Waals surface area contributed by atoms with Crippen LogP contribution in [0.15, 0.2) is 48.5 Å². The number of carbonyl (C=O) groups excluding carboxylic acids is 1. The third-order valence-electron chi connectivity index (χ3n) is 3.12. The Morgan fingerprint density at radius 1 is 1.17 bits per heavy atom. The molecule has 0 aliphatic carbocycles. The van der Waals surface area contributed by atoms with Gasteiger partial charge < -0.3 is 14.8 Å². The minimum absolute atomic E-state index is 0.145. The minimum atomic E-state index is -0.569. The molecule has 126 valence electrons. The Bertz CT molecular complexity index is 703. The van der Waals surface area contributed by atoms with E-state index in [1.54, 1.807) is 6.92 Å². The largest absolute Gasteiger partial charge is 0.492 e. The van der Waals surface area contributed by atoms with Gasteiger partial charge in [0.05, 0.1) is 18.1 Å². The van der Waals surface area contributed by atoms with Crippen molar-refractivity contribution < 1.29 is 19.2 Å². The maximum Gasteiger partial charge on any atom is 0.311 e. The number of nitrogens with zero attached hydrogens (tertiary/aromatic N) is 1. The van der Waals surface area contributed by atoms with Gasteiger partial charge >= 0.3 is 5.69 Å². The summed E-state index contributed by atoms with van der Waals surface area (Å²) in [5.74, 6) is 0.452. The lowest BCUT2D eigenvalue weighted by molar-refractivity contribution is -0.385. The zero-order valence-electron chi connectivity index (χ0n) is 13.2. The van der Waals surface area contributed by atoms with E-state index in [-0.39, 0.29) is 23.5 Å². The minimum Gasteiger partial charge on any atom is -0.492 e. The summed E-state index contributed by atoms with van der Waals surface area (Å²) in [6.07, 6.45) is 0. The second-order valence-corrected chi connectivity index (χ2v) is 4.79. The lowest BCUT2D eigenvalue weighted by Gasteiger charge is -2.09. The van der Waals surface area contributed by atoms with E-state index in [9.17, 15) is 14.9 Å². The molecule has 7 heteroatoms. The Morgan fingerprint density at radius 2 is 1.92 bits per heavy atom. The molecule has 2 rings (SSSR count). The summed E-state index contributed by atoms with van der Waals surface area (Å²) in [5.41, 5.74) is -0.0325. The van der Waals surface area contributed by atoms with Gasteiger partial charge in [-0.1, -0.05) is 18.2 Å². The first-order chi connectivity index (χ1) is 11.6. The third kappa shape index (κ3) is 4.70. The highest BCUT2D eigenvalue weighted by Gasteiger charge is 2.18. The smallest absolute Gasteiger partial charge is 0.311 e. The Kier molecular flexibility index (Phi) is 6.13. The molecule has 0 saturated carbocycles. The van der Waals surface area contributed by atoms with Crippen LogP contribution in [0.3, 0.4) is 0 Å². The first-order valence-electron chi connectivity index (χ1n) is 7.49. The molecule has 0 bridgehead atoms. The number of amides is 1. The molecule has 0 fully saturated rings. The maximum atomic E-state index is 12.1. The average Bonchev–Trinajstić information content (AvgIpc) is 2.60. The fourth-order valence-corrected chi connectivity index (χ4v) is 2.03. The zero-order chi connectivity index (χ0) is 17.4. The lowest BCUT2D eigenvalue weighted by atomic mass is 10.1. The predicted octanol–water partition coefficient (Wildman–Crippen LogP) is 2.80. The van der Waals surface area contributed by atoms with Crippen molar-refractivity contribution in [3.05, 3.63) is 64.2 Å². The van der Waals surface area contributed by atoms with Crippen LogP contribution in [0, 0.1) is 10.1 Å². The number of para-hydroxylation sites is 1. The standard InChI is InChI=1S/C17H18N2O5/c1-2-23-16-9-8-13(12-15(16)19(21)22)17(20)18-10-11-24-14-6-4-3-5-7-14/h3-9,12H,2,10-11H2,1H3,(H,18,20). The second kappa shape index (κ2) is 8.52. The van der Waals surface area contributed by atoms with Crippen LogP contribution < -0.4 is 14.8 Å². The van der Waals surface area contributed by atoms with Gasteiger partial charge in [-0.05, 0) is 31.2 Å². The van der Waals surface area contributed by atoms with Crippen LogP contribution >= 0.6 is 0 Å². The summed E-state index contributed by atoms with van der Waals surface area (Å²) < 4.78 is 10.6. The van der Waals surface area contributed by atoms with Gasteiger partial charge in [-0.3, -0.25) is 14.9 Å². The molecule has 2 aromatic rings. The second-order valence-electron chi connectivity index (χ2n) is 4.79. The number of hydrogen-bond donors (Lipinski definition) is 1. The van der Waals surface area contributed by atoms with E-state index in [0.717, 1.165) is 0 Å². The SMILES string of the molecule is CCOc1ccc(C(=O)NCCOc2ccccc2)cc1[N+](=O)[O-]. The van der Waals surface area contributed by atoms with Gasteiger partial charge in [-0.15, -0.1) is 0 Å². The number of nitro benzene ring substituents is 1. The Labute approximate surface area is 139 Å². The van der Waals surface area contributed by atoms with Crippen molar-refractivity contribution in [1.82, 2.24) is 5.32 Å². The number of nitrogens with one attached hydrogen (secondary N) is 1. The summed E-state index contributed by atoms with van der Waals surface area (Å²) in [6, 6.07) is 13.4. The number of nitro groups is 1. The lowest BCUT2D eigenvalue weighted by Crippen LogP contribution is -2.28. The molecule has 0 aliphatic heterocycles.